The number of anilines is 1. The van der Waals surface area contributed by atoms with Crippen LogP contribution in [0.25, 0.3) is 0 Å². The monoisotopic (exact) mass is 209 g/mol. The number of pyridine rings is 1. The van der Waals surface area contributed by atoms with E-state index >= 15 is 0 Å². The van der Waals surface area contributed by atoms with Crippen molar-refractivity contribution < 1.29 is 0 Å². The average molecular weight is 209 g/mol. The normalized spacial score (nSPS) is 10.7. The number of hydrogen-bond acceptors (Lipinski definition) is 3. The molecule has 0 fully saturated rings. The van der Waals surface area contributed by atoms with E-state index in [1.807, 2.05) is 33.3 Å². The maximum absolute atomic E-state index is 11.3. The van der Waals surface area contributed by atoms with E-state index in [1.165, 1.54) is 0 Å². The maximum Gasteiger partial charge on any atom is 0.250 e. The van der Waals surface area contributed by atoms with Crippen molar-refractivity contribution in [2.75, 3.05) is 32.5 Å². The first kappa shape index (κ1) is 11.8. The van der Waals surface area contributed by atoms with Gasteiger partial charge in [0.05, 0.1) is 5.69 Å². The Bertz CT molecular complexity index is 357. The molecule has 0 saturated carbocycles. The van der Waals surface area contributed by atoms with Crippen molar-refractivity contribution in [3.05, 3.63) is 28.7 Å². The van der Waals surface area contributed by atoms with Gasteiger partial charge in [-0.25, -0.2) is 0 Å². The molecule has 15 heavy (non-hydrogen) atoms. The molecule has 4 heteroatoms. The number of nitrogens with one attached hydrogen (secondary N) is 1. The molecule has 84 valence electrons. The van der Waals surface area contributed by atoms with Gasteiger partial charge in [-0.15, -0.1) is 0 Å². The zero-order valence-electron chi connectivity index (χ0n) is 9.66. The lowest BCUT2D eigenvalue weighted by molar-refractivity contribution is 0.425. The molecular formula is C11H19N3O. The van der Waals surface area contributed by atoms with Crippen LogP contribution < -0.4 is 10.9 Å². The Balaban J connectivity index is 2.58. The van der Waals surface area contributed by atoms with E-state index in [2.05, 4.69) is 10.2 Å². The molecular weight excluding hydrogens is 190 g/mol. The number of aromatic nitrogens is 1. The summed E-state index contributed by atoms with van der Waals surface area (Å²) in [5.41, 5.74) is 1.05. The van der Waals surface area contributed by atoms with Gasteiger partial charge in [-0.05, 0) is 27.1 Å². The van der Waals surface area contributed by atoms with Gasteiger partial charge in [0.25, 0.3) is 5.56 Å². The molecule has 1 aromatic rings. The molecule has 0 saturated heterocycles. The van der Waals surface area contributed by atoms with Crippen molar-refractivity contribution in [2.24, 2.45) is 0 Å². The van der Waals surface area contributed by atoms with E-state index in [9.17, 15) is 4.79 Å². The van der Waals surface area contributed by atoms with Gasteiger partial charge in [0.15, 0.2) is 0 Å². The van der Waals surface area contributed by atoms with Crippen molar-refractivity contribution in [1.82, 2.24) is 9.47 Å². The molecule has 1 N–H and O–H groups in total. The third-order valence-corrected chi connectivity index (χ3v) is 2.21. The van der Waals surface area contributed by atoms with Crippen molar-refractivity contribution in [3.8, 4) is 0 Å². The zero-order chi connectivity index (χ0) is 11.3. The number of aryl methyl sites for hydroxylation is 1. The summed E-state index contributed by atoms with van der Waals surface area (Å²) in [6, 6.07) is 3.42. The minimum atomic E-state index is 0.0515. The Morgan fingerprint density at radius 3 is 2.73 bits per heavy atom. The Kier molecular flexibility index (Phi) is 4.37. The van der Waals surface area contributed by atoms with Crippen LogP contribution in [-0.4, -0.2) is 36.7 Å². The van der Waals surface area contributed by atoms with E-state index in [4.69, 9.17) is 0 Å². The van der Waals surface area contributed by atoms with Crippen LogP contribution in [0.1, 0.15) is 6.92 Å². The third kappa shape index (κ3) is 3.75. The summed E-state index contributed by atoms with van der Waals surface area (Å²) < 4.78 is 1.69. The lowest BCUT2D eigenvalue weighted by Crippen LogP contribution is -2.22. The Morgan fingerprint density at radius 2 is 2.13 bits per heavy atom. The molecule has 0 atom stereocenters. The fourth-order valence-electron chi connectivity index (χ4n) is 1.31. The summed E-state index contributed by atoms with van der Waals surface area (Å²) in [4.78, 5) is 13.4. The van der Waals surface area contributed by atoms with E-state index in [-0.39, 0.29) is 5.56 Å². The second-order valence-electron chi connectivity index (χ2n) is 3.77. The average Bonchev–Trinajstić information content (AvgIpc) is 2.20. The van der Waals surface area contributed by atoms with E-state index < -0.39 is 0 Å². The van der Waals surface area contributed by atoms with Crippen LogP contribution in [0, 0.1) is 0 Å². The second kappa shape index (κ2) is 5.56. The van der Waals surface area contributed by atoms with Crippen LogP contribution in [-0.2, 0) is 6.54 Å². The van der Waals surface area contributed by atoms with Crippen molar-refractivity contribution in [2.45, 2.75) is 13.5 Å². The fourth-order valence-corrected chi connectivity index (χ4v) is 1.31. The summed E-state index contributed by atoms with van der Waals surface area (Å²) in [6.45, 7) is 4.53. The van der Waals surface area contributed by atoms with Gasteiger partial charge in [-0.1, -0.05) is 0 Å². The van der Waals surface area contributed by atoms with Crippen LogP contribution in [0.5, 0.6) is 0 Å². The molecule has 1 aromatic heterocycles. The summed E-state index contributed by atoms with van der Waals surface area (Å²) in [7, 11) is 4.07. The highest BCUT2D eigenvalue weighted by molar-refractivity contribution is 5.40. The Hall–Kier alpha value is -1.29. The summed E-state index contributed by atoms with van der Waals surface area (Å²) in [5, 5.41) is 3.28. The fraction of sp³-hybridized carbons (Fsp3) is 0.545. The molecule has 1 heterocycles. The standard InChI is InChI=1S/C11H19N3O/c1-4-14-9-10(5-6-11(14)15)12-7-8-13(2)3/h5-6,9,12H,4,7-8H2,1-3H3. The van der Waals surface area contributed by atoms with Crippen LogP contribution in [0.4, 0.5) is 5.69 Å². The summed E-state index contributed by atoms with van der Waals surface area (Å²) in [5.74, 6) is 0. The predicted molar refractivity (Wildman–Crippen MR) is 63.4 cm³/mol. The third-order valence-electron chi connectivity index (χ3n) is 2.21. The molecule has 0 amide bonds. The first-order chi connectivity index (χ1) is 7.13. The van der Waals surface area contributed by atoms with E-state index in [1.54, 1.807) is 10.6 Å². The lowest BCUT2D eigenvalue weighted by atomic mass is 10.4. The molecule has 0 aliphatic carbocycles. The summed E-state index contributed by atoms with van der Waals surface area (Å²) >= 11 is 0. The minimum absolute atomic E-state index is 0.0515. The van der Waals surface area contributed by atoms with Crippen molar-refractivity contribution in [3.63, 3.8) is 0 Å². The van der Waals surface area contributed by atoms with Crippen LogP contribution in [0.3, 0.4) is 0 Å². The summed E-state index contributed by atoms with van der Waals surface area (Å²) in [6.07, 6.45) is 1.86. The highest BCUT2D eigenvalue weighted by atomic mass is 16.1. The predicted octanol–water partition coefficient (Wildman–Crippen LogP) is 0.842. The Labute approximate surface area is 90.5 Å². The molecule has 0 radical (unpaired) electrons. The minimum Gasteiger partial charge on any atom is -0.383 e. The number of likely N-dealkylation sites (N-methyl/N-ethyl adjacent to an activating group) is 1. The SMILES string of the molecule is CCn1cc(NCCN(C)C)ccc1=O. The maximum atomic E-state index is 11.3. The zero-order valence-corrected chi connectivity index (χ0v) is 9.66. The molecule has 4 nitrogen and oxygen atoms in total. The first-order valence-corrected chi connectivity index (χ1v) is 5.22. The van der Waals surface area contributed by atoms with Crippen LogP contribution in [0.2, 0.25) is 0 Å². The molecule has 0 aliphatic rings. The van der Waals surface area contributed by atoms with Gasteiger partial charge in [0, 0.05) is 31.9 Å². The van der Waals surface area contributed by atoms with Gasteiger partial charge in [-0.3, -0.25) is 4.79 Å². The molecule has 0 bridgehead atoms. The van der Waals surface area contributed by atoms with Crippen molar-refractivity contribution in [1.29, 1.82) is 0 Å². The number of nitrogens with zero attached hydrogens (tertiary/aromatic N) is 2. The van der Waals surface area contributed by atoms with Crippen molar-refractivity contribution >= 4 is 5.69 Å². The smallest absolute Gasteiger partial charge is 0.250 e. The molecule has 0 spiro atoms. The topological polar surface area (TPSA) is 37.3 Å². The molecule has 0 aromatic carbocycles. The van der Waals surface area contributed by atoms with Gasteiger partial charge in [-0.2, -0.15) is 0 Å². The van der Waals surface area contributed by atoms with Crippen LogP contribution >= 0.6 is 0 Å². The first-order valence-electron chi connectivity index (χ1n) is 5.22. The largest absolute Gasteiger partial charge is 0.383 e. The van der Waals surface area contributed by atoms with Gasteiger partial charge < -0.3 is 14.8 Å². The van der Waals surface area contributed by atoms with E-state index in [0.717, 1.165) is 18.8 Å². The van der Waals surface area contributed by atoms with Gasteiger partial charge in [0.2, 0.25) is 0 Å². The van der Waals surface area contributed by atoms with Gasteiger partial charge >= 0.3 is 0 Å². The quantitative estimate of drug-likeness (QED) is 0.781. The molecule has 1 rings (SSSR count). The number of rotatable bonds is 5. The van der Waals surface area contributed by atoms with Gasteiger partial charge in [0.1, 0.15) is 0 Å². The highest BCUT2D eigenvalue weighted by Crippen LogP contribution is 2.02. The lowest BCUT2D eigenvalue weighted by Gasteiger charge is -2.12. The molecule has 0 aliphatic heterocycles. The Morgan fingerprint density at radius 1 is 1.40 bits per heavy atom. The second-order valence-corrected chi connectivity index (χ2v) is 3.77. The van der Waals surface area contributed by atoms with E-state index in [0.29, 0.717) is 6.54 Å². The highest BCUT2D eigenvalue weighted by Gasteiger charge is 1.96. The number of hydrogen-bond donors (Lipinski definition) is 1. The van der Waals surface area contributed by atoms with Crippen LogP contribution in [0.15, 0.2) is 23.1 Å². The molecule has 0 unspecified atom stereocenters.